The zero-order valence-corrected chi connectivity index (χ0v) is 21.7. The van der Waals surface area contributed by atoms with Gasteiger partial charge in [-0.2, -0.15) is 4.98 Å². The van der Waals surface area contributed by atoms with Gasteiger partial charge in [-0.3, -0.25) is 0 Å². The maximum atomic E-state index is 12.4. The minimum absolute atomic E-state index is 0.0275. The molecule has 1 aliphatic carbocycles. The number of fused-ring (bicyclic) bond motifs is 1. The van der Waals surface area contributed by atoms with E-state index in [0.29, 0.717) is 0 Å². The normalized spacial score (nSPS) is 22.1. The first-order chi connectivity index (χ1) is 16.9. The molecule has 1 saturated heterocycles. The molecular weight excluding hydrogens is 460 g/mol. The highest BCUT2D eigenvalue weighted by Gasteiger charge is 2.32. The molecule has 1 aromatic carbocycles. The first kappa shape index (κ1) is 24.0. The molecule has 5 rings (SSSR count). The Bertz CT molecular complexity index is 1040. The van der Waals surface area contributed by atoms with Gasteiger partial charge in [0.25, 0.3) is 0 Å². The van der Waals surface area contributed by atoms with Crippen molar-refractivity contribution in [2.24, 2.45) is 0 Å². The zero-order chi connectivity index (χ0) is 24.4. The molecule has 188 valence electrons. The first-order valence-electron chi connectivity index (χ1n) is 12.7. The van der Waals surface area contributed by atoms with E-state index >= 15 is 0 Å². The Labute approximate surface area is 212 Å². The van der Waals surface area contributed by atoms with Crippen molar-refractivity contribution in [2.45, 2.75) is 69.0 Å². The van der Waals surface area contributed by atoms with Gasteiger partial charge in [-0.25, -0.2) is 9.78 Å². The van der Waals surface area contributed by atoms with E-state index in [1.807, 2.05) is 32.5 Å². The molecule has 1 amide bonds. The van der Waals surface area contributed by atoms with Gasteiger partial charge in [-0.15, -0.1) is 11.8 Å². The van der Waals surface area contributed by atoms with Crippen molar-refractivity contribution in [1.82, 2.24) is 15.3 Å². The number of carbonyl (C=O) groups excluding carboxylic acids is 1. The number of hydrogen-bond donors (Lipinski definition) is 2. The summed E-state index contributed by atoms with van der Waals surface area (Å²) in [4.78, 5) is 28.3. The maximum Gasteiger partial charge on any atom is 0.407 e. The number of alkyl carbamates (subject to hydrolysis) is 1. The van der Waals surface area contributed by atoms with Crippen molar-refractivity contribution in [3.63, 3.8) is 0 Å². The zero-order valence-electron chi connectivity index (χ0n) is 20.9. The van der Waals surface area contributed by atoms with Gasteiger partial charge >= 0.3 is 6.09 Å². The summed E-state index contributed by atoms with van der Waals surface area (Å²) in [5, 5.41) is 6.78. The Morgan fingerprint density at radius 3 is 2.49 bits per heavy atom. The third kappa shape index (κ3) is 5.77. The Kier molecular flexibility index (Phi) is 6.95. The van der Waals surface area contributed by atoms with Crippen LogP contribution in [0.2, 0.25) is 0 Å². The lowest BCUT2D eigenvalue weighted by Crippen LogP contribution is -2.47. The number of piperazine rings is 1. The van der Waals surface area contributed by atoms with Crippen LogP contribution in [0.4, 0.5) is 22.2 Å². The molecule has 3 aliphatic rings. The molecular formula is C26H36N6O2S. The van der Waals surface area contributed by atoms with Crippen LogP contribution in [0.25, 0.3) is 0 Å². The maximum absolute atomic E-state index is 12.4. The topological polar surface area (TPSA) is 82.6 Å². The fraction of sp³-hybridized carbons (Fsp3) is 0.577. The molecule has 1 aromatic heterocycles. The molecule has 0 radical (unpaired) electrons. The molecule has 2 atom stereocenters. The highest BCUT2D eigenvalue weighted by atomic mass is 32.2. The number of ether oxygens (including phenoxy) is 1. The van der Waals surface area contributed by atoms with Gasteiger partial charge in [0.2, 0.25) is 5.95 Å². The smallest absolute Gasteiger partial charge is 0.407 e. The second kappa shape index (κ2) is 10.1. The van der Waals surface area contributed by atoms with E-state index in [-0.39, 0.29) is 18.2 Å². The predicted octanol–water partition coefficient (Wildman–Crippen LogP) is 4.31. The fourth-order valence-corrected chi connectivity index (χ4v) is 6.09. The molecule has 0 spiro atoms. The minimum atomic E-state index is -0.505. The number of hydrogen-bond acceptors (Lipinski definition) is 8. The van der Waals surface area contributed by atoms with Crippen LogP contribution in [0.1, 0.15) is 45.7 Å². The third-order valence-corrected chi connectivity index (χ3v) is 7.86. The number of rotatable bonds is 5. The SMILES string of the molecule is CC(C)(C)OC(=O)N[C@H]1CCC[C@@H]1Nc1nc(N2CCN(c3ccccc3)CC2)nc2c1SCC2. The lowest BCUT2D eigenvalue weighted by atomic mass is 10.1. The molecule has 9 heteroatoms. The molecule has 35 heavy (non-hydrogen) atoms. The second-order valence-corrected chi connectivity index (χ2v) is 11.6. The van der Waals surface area contributed by atoms with Crippen LogP contribution >= 0.6 is 11.8 Å². The van der Waals surface area contributed by atoms with E-state index in [9.17, 15) is 4.79 Å². The van der Waals surface area contributed by atoms with Gasteiger partial charge in [0, 0.05) is 50.1 Å². The van der Waals surface area contributed by atoms with Gasteiger partial charge in [0.15, 0.2) is 0 Å². The number of carbonyl (C=O) groups is 1. The van der Waals surface area contributed by atoms with Crippen molar-refractivity contribution in [3.8, 4) is 0 Å². The van der Waals surface area contributed by atoms with E-state index in [1.165, 1.54) is 10.6 Å². The summed E-state index contributed by atoms with van der Waals surface area (Å²) >= 11 is 1.83. The lowest BCUT2D eigenvalue weighted by molar-refractivity contribution is 0.0503. The first-order valence-corrected chi connectivity index (χ1v) is 13.7. The van der Waals surface area contributed by atoms with Gasteiger partial charge in [0.1, 0.15) is 11.4 Å². The van der Waals surface area contributed by atoms with E-state index in [2.05, 4.69) is 50.8 Å². The number of thioether (sulfide) groups is 1. The average Bonchev–Trinajstić information content (AvgIpc) is 3.48. The van der Waals surface area contributed by atoms with Crippen LogP contribution < -0.4 is 20.4 Å². The third-order valence-electron chi connectivity index (χ3n) is 6.73. The standard InChI is InChI=1S/C26H36N6O2S/c1-26(2,3)34-25(33)29-20-11-7-10-19(20)27-23-22-21(12-17-35-22)28-24(30-23)32-15-13-31(14-16-32)18-8-5-4-6-9-18/h4-6,8-9,19-20H,7,10-17H2,1-3H3,(H,29,33)(H,27,28,30)/t19-,20-/m0/s1. The van der Waals surface area contributed by atoms with Crippen LogP contribution in [-0.2, 0) is 11.2 Å². The number of aryl methyl sites for hydroxylation is 1. The minimum Gasteiger partial charge on any atom is -0.444 e. The fourth-order valence-electron chi connectivity index (χ4n) is 5.04. The number of aromatic nitrogens is 2. The van der Waals surface area contributed by atoms with Crippen molar-refractivity contribution < 1.29 is 9.53 Å². The summed E-state index contributed by atoms with van der Waals surface area (Å²) in [6.45, 7) is 9.36. The lowest BCUT2D eigenvalue weighted by Gasteiger charge is -2.36. The van der Waals surface area contributed by atoms with E-state index in [4.69, 9.17) is 14.7 Å². The van der Waals surface area contributed by atoms with Crippen molar-refractivity contribution in [1.29, 1.82) is 0 Å². The molecule has 2 N–H and O–H groups in total. The molecule has 2 aliphatic heterocycles. The van der Waals surface area contributed by atoms with Crippen LogP contribution in [0.15, 0.2) is 35.2 Å². The Morgan fingerprint density at radius 2 is 1.74 bits per heavy atom. The molecule has 2 fully saturated rings. The summed E-state index contributed by atoms with van der Waals surface area (Å²) in [6, 6.07) is 10.7. The second-order valence-electron chi connectivity index (χ2n) is 10.5. The molecule has 8 nitrogen and oxygen atoms in total. The highest BCUT2D eigenvalue weighted by Crippen LogP contribution is 2.38. The number of nitrogens with one attached hydrogen (secondary N) is 2. The molecule has 1 saturated carbocycles. The predicted molar refractivity (Wildman–Crippen MR) is 142 cm³/mol. The van der Waals surface area contributed by atoms with Crippen molar-refractivity contribution >= 4 is 35.3 Å². The number of nitrogens with zero attached hydrogens (tertiary/aromatic N) is 4. The number of amides is 1. The van der Waals surface area contributed by atoms with Crippen LogP contribution in [-0.4, -0.2) is 65.7 Å². The Morgan fingerprint density at radius 1 is 1.03 bits per heavy atom. The van der Waals surface area contributed by atoms with E-state index in [0.717, 1.165) is 75.1 Å². The molecule has 3 heterocycles. The summed E-state index contributed by atoms with van der Waals surface area (Å²) in [6.07, 6.45) is 3.61. The summed E-state index contributed by atoms with van der Waals surface area (Å²) < 4.78 is 5.49. The van der Waals surface area contributed by atoms with Crippen molar-refractivity contribution in [3.05, 3.63) is 36.0 Å². The van der Waals surface area contributed by atoms with Crippen LogP contribution in [0, 0.1) is 0 Å². The molecule has 0 unspecified atom stereocenters. The van der Waals surface area contributed by atoms with Gasteiger partial charge in [0.05, 0.1) is 16.6 Å². The average molecular weight is 497 g/mol. The van der Waals surface area contributed by atoms with Crippen LogP contribution in [0.3, 0.4) is 0 Å². The highest BCUT2D eigenvalue weighted by molar-refractivity contribution is 7.99. The summed E-state index contributed by atoms with van der Waals surface area (Å²) in [5.41, 5.74) is 1.91. The summed E-state index contributed by atoms with van der Waals surface area (Å²) in [5.74, 6) is 2.77. The summed E-state index contributed by atoms with van der Waals surface area (Å²) in [7, 11) is 0. The van der Waals surface area contributed by atoms with E-state index < -0.39 is 5.60 Å². The quantitative estimate of drug-likeness (QED) is 0.634. The van der Waals surface area contributed by atoms with Crippen molar-refractivity contribution in [2.75, 3.05) is 47.0 Å². The monoisotopic (exact) mass is 496 g/mol. The van der Waals surface area contributed by atoms with Crippen LogP contribution in [0.5, 0.6) is 0 Å². The number of benzene rings is 1. The van der Waals surface area contributed by atoms with Gasteiger partial charge < -0.3 is 25.2 Å². The largest absolute Gasteiger partial charge is 0.444 e. The Hall–Kier alpha value is -2.68. The van der Waals surface area contributed by atoms with Gasteiger partial charge in [-0.1, -0.05) is 18.2 Å². The number of anilines is 3. The molecule has 0 bridgehead atoms. The Balaban J connectivity index is 1.28. The number of para-hydroxylation sites is 1. The molecule has 2 aromatic rings. The van der Waals surface area contributed by atoms with Gasteiger partial charge in [-0.05, 0) is 52.2 Å². The van der Waals surface area contributed by atoms with E-state index in [1.54, 1.807) is 0 Å².